The molecule has 0 aromatic heterocycles. The van der Waals surface area contributed by atoms with Crippen LogP contribution in [0, 0.1) is 0 Å². The SMILES string of the molecule is CC[OH+]CC=NC. The molecule has 2 heteroatoms. The second kappa shape index (κ2) is 5.63. The molecule has 0 atom stereocenters. The van der Waals surface area contributed by atoms with Crippen LogP contribution in [0.3, 0.4) is 0 Å². The standard InChI is InChI=1S/C5H11NO/c1-3-7-5-4-6-2/h4H,3,5H2,1-2H3/p+1. The van der Waals surface area contributed by atoms with Crippen molar-refractivity contribution in [1.82, 2.24) is 0 Å². The summed E-state index contributed by atoms with van der Waals surface area (Å²) in [6.07, 6.45) is 1.80. The Morgan fingerprint density at radius 3 is 2.86 bits per heavy atom. The molecule has 0 aromatic carbocycles. The number of hydrogen-bond donors (Lipinski definition) is 0. The fourth-order valence-electron chi connectivity index (χ4n) is 0.268. The van der Waals surface area contributed by atoms with Crippen molar-refractivity contribution in [3.63, 3.8) is 0 Å². The fraction of sp³-hybridized carbons (Fsp3) is 0.800. The lowest BCUT2D eigenvalue weighted by Crippen LogP contribution is -1.99. The van der Waals surface area contributed by atoms with Crippen LogP contribution in [0.1, 0.15) is 6.92 Å². The molecule has 0 spiro atoms. The zero-order chi connectivity index (χ0) is 5.54. The van der Waals surface area contributed by atoms with Crippen molar-refractivity contribution in [3.05, 3.63) is 0 Å². The van der Waals surface area contributed by atoms with E-state index in [1.54, 1.807) is 13.3 Å². The third kappa shape index (κ3) is 5.63. The minimum atomic E-state index is 0.771. The Labute approximate surface area is 44.2 Å². The molecule has 0 amide bonds. The van der Waals surface area contributed by atoms with Gasteiger partial charge in [0.2, 0.25) is 0 Å². The van der Waals surface area contributed by atoms with E-state index in [1.807, 2.05) is 6.92 Å². The molecule has 0 aromatic rings. The van der Waals surface area contributed by atoms with E-state index in [0.29, 0.717) is 0 Å². The highest BCUT2D eigenvalue weighted by Crippen LogP contribution is 1.60. The van der Waals surface area contributed by atoms with Crippen molar-refractivity contribution in [3.8, 4) is 0 Å². The van der Waals surface area contributed by atoms with Gasteiger partial charge in [-0.1, -0.05) is 0 Å². The molecule has 0 fully saturated rings. The number of aliphatic hydroxyl groups is 2. The van der Waals surface area contributed by atoms with Gasteiger partial charge in [-0.3, -0.25) is 4.99 Å². The highest BCUT2D eigenvalue weighted by Gasteiger charge is 1.75. The van der Waals surface area contributed by atoms with Crippen LogP contribution in [0.15, 0.2) is 4.99 Å². The first-order chi connectivity index (χ1) is 3.41. The van der Waals surface area contributed by atoms with Crippen molar-refractivity contribution < 1.29 is 4.74 Å². The van der Waals surface area contributed by atoms with Crippen LogP contribution in [-0.2, 0) is 0 Å². The van der Waals surface area contributed by atoms with Gasteiger partial charge < -0.3 is 4.74 Å². The third-order valence-corrected chi connectivity index (χ3v) is 0.617. The van der Waals surface area contributed by atoms with E-state index < -0.39 is 0 Å². The molecule has 2 nitrogen and oxygen atoms in total. The van der Waals surface area contributed by atoms with Crippen LogP contribution in [0.5, 0.6) is 0 Å². The van der Waals surface area contributed by atoms with Gasteiger partial charge in [0.05, 0.1) is 6.21 Å². The molecule has 0 bridgehead atoms. The summed E-state index contributed by atoms with van der Waals surface area (Å²) in [6, 6.07) is 0. The van der Waals surface area contributed by atoms with Crippen LogP contribution in [0.4, 0.5) is 0 Å². The predicted molar refractivity (Wildman–Crippen MR) is 32.0 cm³/mol. The second-order valence-electron chi connectivity index (χ2n) is 1.16. The summed E-state index contributed by atoms with van der Waals surface area (Å²) in [5, 5.41) is 0. The van der Waals surface area contributed by atoms with E-state index in [0.717, 1.165) is 13.2 Å². The fourth-order valence-corrected chi connectivity index (χ4v) is 0.268. The minimum absolute atomic E-state index is 0.771. The van der Waals surface area contributed by atoms with Crippen LogP contribution >= 0.6 is 0 Å². The maximum atomic E-state index is 4.01. The van der Waals surface area contributed by atoms with Crippen molar-refractivity contribution in [1.29, 1.82) is 0 Å². The molecule has 0 aliphatic heterocycles. The number of aliphatic imine (C=N–C) groups is 1. The van der Waals surface area contributed by atoms with E-state index in [-0.39, 0.29) is 0 Å². The minimum Gasteiger partial charge on any atom is -0.430 e. The quantitative estimate of drug-likeness (QED) is 0.277. The largest absolute Gasteiger partial charge is 0.430 e. The summed E-state index contributed by atoms with van der Waals surface area (Å²) in [6.45, 7) is 3.68. The molecule has 0 radical (unpaired) electrons. The normalized spacial score (nSPS) is 10.6. The van der Waals surface area contributed by atoms with Gasteiger partial charge in [0.15, 0.2) is 6.61 Å². The monoisotopic (exact) mass is 102 g/mol. The summed E-state index contributed by atoms with van der Waals surface area (Å²) >= 11 is 0. The van der Waals surface area contributed by atoms with Crippen molar-refractivity contribution in [2.24, 2.45) is 4.99 Å². The highest BCUT2D eigenvalue weighted by atomic mass is 16.5. The van der Waals surface area contributed by atoms with Gasteiger partial charge >= 0.3 is 0 Å². The molecular weight excluding hydrogens is 90.1 g/mol. The Hall–Kier alpha value is -0.370. The van der Waals surface area contributed by atoms with Gasteiger partial charge in [-0.25, -0.2) is 0 Å². The van der Waals surface area contributed by atoms with Crippen LogP contribution in [0.2, 0.25) is 0 Å². The molecule has 7 heavy (non-hydrogen) atoms. The van der Waals surface area contributed by atoms with Gasteiger partial charge in [-0.05, 0) is 0 Å². The topological polar surface area (TPSA) is 25.2 Å². The number of ether oxygens (including phenoxy) is 1. The maximum absolute atomic E-state index is 4.01. The first kappa shape index (κ1) is 6.63. The molecule has 0 rings (SSSR count). The molecule has 0 aliphatic rings. The van der Waals surface area contributed by atoms with E-state index in [4.69, 9.17) is 0 Å². The maximum Gasteiger partial charge on any atom is 0.180 e. The molecule has 0 saturated heterocycles. The van der Waals surface area contributed by atoms with Gasteiger partial charge in [0.1, 0.15) is 6.61 Å². The summed E-state index contributed by atoms with van der Waals surface area (Å²) in [5.74, 6) is 0. The average molecular weight is 102 g/mol. The Morgan fingerprint density at radius 1 is 1.71 bits per heavy atom. The lowest BCUT2D eigenvalue weighted by molar-refractivity contribution is 0.00462. The first-order valence-electron chi connectivity index (χ1n) is 2.45. The Bertz CT molecular complexity index is 52.0. The van der Waals surface area contributed by atoms with Gasteiger partial charge in [0, 0.05) is 14.0 Å². The highest BCUT2D eigenvalue weighted by molar-refractivity contribution is 5.57. The van der Waals surface area contributed by atoms with Gasteiger partial charge in [-0.15, -0.1) is 0 Å². The lowest BCUT2D eigenvalue weighted by atomic mass is 10.7. The van der Waals surface area contributed by atoms with E-state index in [1.165, 1.54) is 0 Å². The summed E-state index contributed by atoms with van der Waals surface area (Å²) in [7, 11) is 1.76. The number of rotatable bonds is 3. The molecule has 1 N–H and O–H groups in total. The molecule has 0 heterocycles. The molecular formula is C5H12NO+. The van der Waals surface area contributed by atoms with Gasteiger partial charge in [0.25, 0.3) is 0 Å². The van der Waals surface area contributed by atoms with E-state index in [2.05, 4.69) is 9.73 Å². The van der Waals surface area contributed by atoms with Crippen molar-refractivity contribution in [2.75, 3.05) is 20.3 Å². The second-order valence-corrected chi connectivity index (χ2v) is 1.16. The molecule has 42 valence electrons. The number of hydrogen-bond acceptors (Lipinski definition) is 1. The van der Waals surface area contributed by atoms with Crippen molar-refractivity contribution >= 4 is 6.21 Å². The smallest absolute Gasteiger partial charge is 0.180 e. The molecule has 0 saturated carbocycles. The summed E-state index contributed by atoms with van der Waals surface area (Å²) in [4.78, 5) is 3.75. The summed E-state index contributed by atoms with van der Waals surface area (Å²) in [5.41, 5.74) is 0. The number of nitrogens with zero attached hydrogens (tertiary/aromatic N) is 1. The Balaban J connectivity index is 2.69. The third-order valence-electron chi connectivity index (χ3n) is 0.617. The Morgan fingerprint density at radius 2 is 2.43 bits per heavy atom. The van der Waals surface area contributed by atoms with Crippen LogP contribution in [0.25, 0.3) is 0 Å². The van der Waals surface area contributed by atoms with Gasteiger partial charge in [-0.2, -0.15) is 0 Å². The van der Waals surface area contributed by atoms with Crippen LogP contribution in [-0.4, -0.2) is 31.2 Å². The van der Waals surface area contributed by atoms with Crippen molar-refractivity contribution in [2.45, 2.75) is 6.92 Å². The molecule has 0 aliphatic carbocycles. The Kier molecular flexibility index (Phi) is 5.33. The lowest BCUT2D eigenvalue weighted by Gasteiger charge is -1.86. The zero-order valence-corrected chi connectivity index (χ0v) is 4.89. The average Bonchev–Trinajstić information content (AvgIpc) is 1.69. The van der Waals surface area contributed by atoms with Crippen LogP contribution < -0.4 is 0 Å². The first-order valence-corrected chi connectivity index (χ1v) is 2.45. The summed E-state index contributed by atoms with van der Waals surface area (Å²) < 4.78 is 4.01. The van der Waals surface area contributed by atoms with E-state index >= 15 is 0 Å². The zero-order valence-electron chi connectivity index (χ0n) is 4.89. The van der Waals surface area contributed by atoms with E-state index in [9.17, 15) is 0 Å². The molecule has 0 unspecified atom stereocenters. The predicted octanol–water partition coefficient (Wildman–Crippen LogP) is 0.235.